The molecule has 3 N–H and O–H groups in total. The Bertz CT molecular complexity index is 1180. The maximum absolute atomic E-state index is 12.8. The molecule has 0 saturated heterocycles. The molecule has 3 aromatic rings. The Kier molecular flexibility index (Phi) is 6.39. The van der Waals surface area contributed by atoms with E-state index in [1.807, 2.05) is 0 Å². The van der Waals surface area contributed by atoms with Crippen molar-refractivity contribution in [3.8, 4) is 0 Å². The number of amides is 2. The van der Waals surface area contributed by atoms with Gasteiger partial charge in [0.05, 0.1) is 16.1 Å². The molecule has 30 heavy (non-hydrogen) atoms. The molecule has 0 atom stereocenters. The summed E-state index contributed by atoms with van der Waals surface area (Å²) in [6, 6.07) is 18.3. The Morgan fingerprint density at radius 3 is 2.10 bits per heavy atom. The van der Waals surface area contributed by atoms with E-state index in [1.165, 1.54) is 43.4 Å². The third-order valence-corrected chi connectivity index (χ3v) is 5.81. The minimum atomic E-state index is -3.98. The molecule has 0 spiro atoms. The molecule has 154 valence electrons. The molecular formula is C21H18ClN3O4S. The minimum absolute atomic E-state index is 0.0388. The predicted molar refractivity (Wildman–Crippen MR) is 116 cm³/mol. The summed E-state index contributed by atoms with van der Waals surface area (Å²) in [5.74, 6) is -0.804. The van der Waals surface area contributed by atoms with Crippen LogP contribution in [0.15, 0.2) is 77.7 Å². The SMILES string of the molecule is CNC(=O)c1ccc(S(=O)(=O)Nc2ccccc2C(=O)Nc2ccc(Cl)cc2)cc1. The van der Waals surface area contributed by atoms with Crippen LogP contribution in [0.25, 0.3) is 0 Å². The van der Waals surface area contributed by atoms with E-state index in [0.717, 1.165) is 0 Å². The summed E-state index contributed by atoms with van der Waals surface area (Å²) in [6.45, 7) is 0. The highest BCUT2D eigenvalue weighted by Gasteiger charge is 2.19. The number of hydrogen-bond acceptors (Lipinski definition) is 4. The first kappa shape index (κ1) is 21.4. The third kappa shape index (κ3) is 4.97. The Morgan fingerprint density at radius 2 is 1.47 bits per heavy atom. The summed E-state index contributed by atoms with van der Waals surface area (Å²) < 4.78 is 28.0. The molecule has 0 aliphatic rings. The lowest BCUT2D eigenvalue weighted by atomic mass is 10.1. The standard InChI is InChI=1S/C21H18ClN3O4S/c1-23-20(26)14-6-12-17(13-7-14)30(28,29)25-19-5-3-2-4-18(19)21(27)24-16-10-8-15(22)9-11-16/h2-13,25H,1H3,(H,23,26)(H,24,27). The van der Waals surface area contributed by atoms with Crippen LogP contribution in [0.3, 0.4) is 0 Å². The van der Waals surface area contributed by atoms with E-state index in [9.17, 15) is 18.0 Å². The van der Waals surface area contributed by atoms with E-state index in [4.69, 9.17) is 11.6 Å². The normalized spacial score (nSPS) is 10.9. The van der Waals surface area contributed by atoms with Crippen LogP contribution in [-0.2, 0) is 10.0 Å². The van der Waals surface area contributed by atoms with Crippen molar-refractivity contribution >= 4 is 44.8 Å². The Morgan fingerprint density at radius 1 is 0.833 bits per heavy atom. The number of sulfonamides is 1. The second-order valence-corrected chi connectivity index (χ2v) is 8.33. The van der Waals surface area contributed by atoms with Crippen molar-refractivity contribution < 1.29 is 18.0 Å². The first-order valence-electron chi connectivity index (χ1n) is 8.81. The number of nitrogens with one attached hydrogen (secondary N) is 3. The van der Waals surface area contributed by atoms with Crippen LogP contribution >= 0.6 is 11.6 Å². The molecule has 0 aromatic heterocycles. The molecule has 2 amide bonds. The molecule has 0 unspecified atom stereocenters. The number of rotatable bonds is 6. The lowest BCUT2D eigenvalue weighted by Gasteiger charge is -2.13. The summed E-state index contributed by atoms with van der Waals surface area (Å²) in [6.07, 6.45) is 0. The van der Waals surface area contributed by atoms with Gasteiger partial charge < -0.3 is 10.6 Å². The average Bonchev–Trinajstić information content (AvgIpc) is 2.75. The smallest absolute Gasteiger partial charge is 0.261 e. The van der Waals surface area contributed by atoms with E-state index in [0.29, 0.717) is 16.3 Å². The highest BCUT2D eigenvalue weighted by atomic mass is 35.5. The van der Waals surface area contributed by atoms with E-state index < -0.39 is 15.9 Å². The van der Waals surface area contributed by atoms with Crippen molar-refractivity contribution in [2.24, 2.45) is 0 Å². The van der Waals surface area contributed by atoms with Gasteiger partial charge in [-0.2, -0.15) is 0 Å². The van der Waals surface area contributed by atoms with Gasteiger partial charge in [-0.05, 0) is 60.7 Å². The molecule has 7 nitrogen and oxygen atoms in total. The maximum Gasteiger partial charge on any atom is 0.261 e. The molecule has 0 heterocycles. The van der Waals surface area contributed by atoms with Gasteiger partial charge in [-0.3, -0.25) is 14.3 Å². The van der Waals surface area contributed by atoms with E-state index in [-0.39, 0.29) is 22.1 Å². The second kappa shape index (κ2) is 8.98. The number of carbonyl (C=O) groups is 2. The number of carbonyl (C=O) groups excluding carboxylic acids is 2. The molecule has 0 aliphatic heterocycles. The highest BCUT2D eigenvalue weighted by Crippen LogP contribution is 2.22. The molecule has 0 saturated carbocycles. The summed E-state index contributed by atoms with van der Waals surface area (Å²) >= 11 is 5.85. The maximum atomic E-state index is 12.8. The van der Waals surface area contributed by atoms with Crippen molar-refractivity contribution in [3.63, 3.8) is 0 Å². The highest BCUT2D eigenvalue weighted by molar-refractivity contribution is 7.92. The molecule has 3 aromatic carbocycles. The summed E-state index contributed by atoms with van der Waals surface area (Å²) in [7, 11) is -2.49. The molecular weight excluding hydrogens is 426 g/mol. The second-order valence-electron chi connectivity index (χ2n) is 6.22. The number of anilines is 2. The number of hydrogen-bond donors (Lipinski definition) is 3. The zero-order chi connectivity index (χ0) is 21.7. The van der Waals surface area contributed by atoms with Gasteiger partial charge >= 0.3 is 0 Å². The van der Waals surface area contributed by atoms with Crippen LogP contribution in [0, 0.1) is 0 Å². The van der Waals surface area contributed by atoms with Gasteiger partial charge in [-0.25, -0.2) is 8.42 Å². The monoisotopic (exact) mass is 443 g/mol. The number of para-hydroxylation sites is 1. The van der Waals surface area contributed by atoms with E-state index >= 15 is 0 Å². The zero-order valence-electron chi connectivity index (χ0n) is 15.8. The number of benzene rings is 3. The minimum Gasteiger partial charge on any atom is -0.355 e. The van der Waals surface area contributed by atoms with Crippen molar-refractivity contribution in [2.45, 2.75) is 4.90 Å². The van der Waals surface area contributed by atoms with Crippen molar-refractivity contribution in [2.75, 3.05) is 17.1 Å². The zero-order valence-corrected chi connectivity index (χ0v) is 17.4. The van der Waals surface area contributed by atoms with Gasteiger partial charge in [0.2, 0.25) is 0 Å². The van der Waals surface area contributed by atoms with Gasteiger partial charge in [0.1, 0.15) is 0 Å². The van der Waals surface area contributed by atoms with E-state index in [2.05, 4.69) is 15.4 Å². The molecule has 9 heteroatoms. The Labute approximate surface area is 179 Å². The molecule has 0 radical (unpaired) electrons. The fourth-order valence-corrected chi connectivity index (χ4v) is 3.84. The van der Waals surface area contributed by atoms with Crippen LogP contribution in [0.1, 0.15) is 20.7 Å². The van der Waals surface area contributed by atoms with Crippen LogP contribution in [0.4, 0.5) is 11.4 Å². The van der Waals surface area contributed by atoms with Gasteiger partial charge in [-0.1, -0.05) is 23.7 Å². The van der Waals surface area contributed by atoms with Gasteiger partial charge in [0, 0.05) is 23.3 Å². The lowest BCUT2D eigenvalue weighted by molar-refractivity contribution is 0.0962. The van der Waals surface area contributed by atoms with Crippen LogP contribution in [0.5, 0.6) is 0 Å². The lowest BCUT2D eigenvalue weighted by Crippen LogP contribution is -2.19. The summed E-state index contributed by atoms with van der Waals surface area (Å²) in [5.41, 5.74) is 1.13. The first-order valence-corrected chi connectivity index (χ1v) is 10.7. The molecule has 0 aliphatic carbocycles. The van der Waals surface area contributed by atoms with Crippen molar-refractivity contribution in [1.82, 2.24) is 5.32 Å². The van der Waals surface area contributed by atoms with Crippen molar-refractivity contribution in [3.05, 3.63) is 88.9 Å². The average molecular weight is 444 g/mol. The Hall–Kier alpha value is -3.36. The largest absolute Gasteiger partial charge is 0.355 e. The predicted octanol–water partition coefficient (Wildman–Crippen LogP) is 3.75. The summed E-state index contributed by atoms with van der Waals surface area (Å²) in [4.78, 5) is 24.3. The molecule has 0 fully saturated rings. The van der Waals surface area contributed by atoms with Crippen molar-refractivity contribution in [1.29, 1.82) is 0 Å². The van der Waals surface area contributed by atoms with Gasteiger partial charge in [-0.15, -0.1) is 0 Å². The quantitative estimate of drug-likeness (QED) is 0.539. The molecule has 0 bridgehead atoms. The fourth-order valence-electron chi connectivity index (χ4n) is 2.64. The number of halogens is 1. The van der Waals surface area contributed by atoms with Crippen LogP contribution in [-0.4, -0.2) is 27.3 Å². The van der Waals surface area contributed by atoms with Crippen LogP contribution in [0.2, 0.25) is 5.02 Å². The molecule has 3 rings (SSSR count). The Balaban J connectivity index is 1.83. The first-order chi connectivity index (χ1) is 14.3. The van der Waals surface area contributed by atoms with Gasteiger partial charge in [0.15, 0.2) is 0 Å². The fraction of sp³-hybridized carbons (Fsp3) is 0.0476. The topological polar surface area (TPSA) is 104 Å². The van der Waals surface area contributed by atoms with Gasteiger partial charge in [0.25, 0.3) is 21.8 Å². The third-order valence-electron chi connectivity index (χ3n) is 4.17. The van der Waals surface area contributed by atoms with Crippen LogP contribution < -0.4 is 15.4 Å². The van der Waals surface area contributed by atoms with E-state index in [1.54, 1.807) is 36.4 Å². The summed E-state index contributed by atoms with van der Waals surface area (Å²) in [5, 5.41) is 5.70.